The number of amides is 3. The number of methoxy groups -OCH3 is 1. The van der Waals surface area contributed by atoms with Gasteiger partial charge in [-0.3, -0.25) is 9.59 Å². The van der Waals surface area contributed by atoms with Gasteiger partial charge in [-0.25, -0.2) is 4.79 Å². The summed E-state index contributed by atoms with van der Waals surface area (Å²) >= 11 is 4.37. The third-order valence-corrected chi connectivity index (χ3v) is 6.72. The molecule has 2 aromatic rings. The largest absolute Gasteiger partial charge is 0.497 e. The highest BCUT2D eigenvalue weighted by Crippen LogP contribution is 2.34. The Morgan fingerprint density at radius 3 is 2.00 bits per heavy atom. The van der Waals surface area contributed by atoms with E-state index >= 15 is 0 Å². The molecule has 2 unspecified atom stereocenters. The molecule has 0 radical (unpaired) electrons. The lowest BCUT2D eigenvalue weighted by Gasteiger charge is -2.44. The molecule has 2 N–H and O–H groups in total. The van der Waals surface area contributed by atoms with Crippen molar-refractivity contribution in [2.45, 2.75) is 85.0 Å². The van der Waals surface area contributed by atoms with Gasteiger partial charge in [0.1, 0.15) is 23.4 Å². The molecule has 0 heterocycles. The van der Waals surface area contributed by atoms with Gasteiger partial charge in [0.25, 0.3) is 5.91 Å². The maximum atomic E-state index is 14.2. The summed E-state index contributed by atoms with van der Waals surface area (Å²) in [5.74, 6) is -0.131. The summed E-state index contributed by atoms with van der Waals surface area (Å²) < 4.78 is 10.6. The van der Waals surface area contributed by atoms with Crippen molar-refractivity contribution >= 4 is 36.2 Å². The van der Waals surface area contributed by atoms with Crippen LogP contribution in [0.25, 0.3) is 0 Å². The second-order valence-electron chi connectivity index (χ2n) is 11.3. The highest BCUT2D eigenvalue weighted by atomic mass is 32.1. The van der Waals surface area contributed by atoms with Gasteiger partial charge in [0.2, 0.25) is 5.91 Å². The van der Waals surface area contributed by atoms with Crippen LogP contribution in [0.15, 0.2) is 42.5 Å². The smallest absolute Gasteiger partial charge is 0.408 e. The molecule has 39 heavy (non-hydrogen) atoms. The average Bonchev–Trinajstić information content (AvgIpc) is 2.83. The quantitative estimate of drug-likeness (QED) is 0.319. The van der Waals surface area contributed by atoms with Gasteiger partial charge in [-0.15, -0.1) is 0 Å². The van der Waals surface area contributed by atoms with Crippen molar-refractivity contribution in [2.75, 3.05) is 18.2 Å². The van der Waals surface area contributed by atoms with Crippen LogP contribution in [0.1, 0.15) is 70.7 Å². The van der Waals surface area contributed by atoms with E-state index in [9.17, 15) is 14.4 Å². The number of carbonyl (C=O) groups is 3. The lowest BCUT2D eigenvalue weighted by atomic mass is 9.91. The lowest BCUT2D eigenvalue weighted by molar-refractivity contribution is -0.147. The van der Waals surface area contributed by atoms with Crippen molar-refractivity contribution < 1.29 is 23.9 Å². The maximum absolute atomic E-state index is 14.2. The Morgan fingerprint density at radius 1 is 0.974 bits per heavy atom. The molecule has 0 aliphatic heterocycles. The molecular formula is C30H43N3O5S. The zero-order valence-electron chi connectivity index (χ0n) is 24.5. The Hall–Kier alpha value is -3.20. The van der Waals surface area contributed by atoms with E-state index in [1.165, 1.54) is 0 Å². The first kappa shape index (κ1) is 32.0. The number of rotatable bonds is 10. The molecule has 0 aliphatic carbocycles. The number of carbonyl (C=O) groups excluding carboxylic acids is 3. The molecule has 2 atom stereocenters. The van der Waals surface area contributed by atoms with Crippen molar-refractivity contribution in [3.05, 3.63) is 59.2 Å². The fourth-order valence-corrected chi connectivity index (χ4v) is 4.47. The molecule has 214 valence electrons. The first-order valence-electron chi connectivity index (χ1n) is 13.1. The van der Waals surface area contributed by atoms with Gasteiger partial charge in [-0.1, -0.05) is 36.2 Å². The average molecular weight is 558 g/mol. The van der Waals surface area contributed by atoms with Gasteiger partial charge in [-0.2, -0.15) is 12.6 Å². The minimum absolute atomic E-state index is 0.0219. The van der Waals surface area contributed by atoms with Crippen molar-refractivity contribution in [1.82, 2.24) is 10.2 Å². The number of ether oxygens (including phenoxy) is 2. The zero-order valence-corrected chi connectivity index (χ0v) is 25.4. The van der Waals surface area contributed by atoms with E-state index < -0.39 is 35.2 Å². The highest BCUT2D eigenvalue weighted by molar-refractivity contribution is 7.80. The van der Waals surface area contributed by atoms with E-state index in [1.54, 1.807) is 57.0 Å². The number of benzene rings is 2. The number of aryl methyl sites for hydroxylation is 2. The van der Waals surface area contributed by atoms with E-state index in [4.69, 9.17) is 9.47 Å². The van der Waals surface area contributed by atoms with Crippen LogP contribution in [-0.4, -0.2) is 52.9 Å². The summed E-state index contributed by atoms with van der Waals surface area (Å²) in [5, 5.41) is 5.63. The fraction of sp³-hybridized carbons (Fsp3) is 0.500. The van der Waals surface area contributed by atoms with Crippen molar-refractivity contribution in [3.8, 4) is 5.75 Å². The maximum Gasteiger partial charge on any atom is 0.408 e. The van der Waals surface area contributed by atoms with E-state index in [2.05, 4.69) is 23.3 Å². The van der Waals surface area contributed by atoms with Gasteiger partial charge < -0.3 is 25.0 Å². The van der Waals surface area contributed by atoms with Gasteiger partial charge in [0.15, 0.2) is 0 Å². The van der Waals surface area contributed by atoms with Crippen molar-refractivity contribution in [3.63, 3.8) is 0 Å². The van der Waals surface area contributed by atoms with Crippen molar-refractivity contribution in [1.29, 1.82) is 0 Å². The van der Waals surface area contributed by atoms with Crippen LogP contribution >= 0.6 is 12.6 Å². The topological polar surface area (TPSA) is 97.0 Å². The number of hydrogen-bond acceptors (Lipinski definition) is 6. The molecule has 3 amide bonds. The second-order valence-corrected chi connectivity index (χ2v) is 11.7. The number of alkyl carbamates (subject to hydrolysis) is 1. The van der Waals surface area contributed by atoms with Gasteiger partial charge in [0, 0.05) is 17.0 Å². The molecular weight excluding hydrogens is 514 g/mol. The predicted molar refractivity (Wildman–Crippen MR) is 159 cm³/mol. The Balaban J connectivity index is 2.61. The minimum atomic E-state index is -1.02. The number of thiol groups is 1. The van der Waals surface area contributed by atoms with E-state index in [0.29, 0.717) is 23.4 Å². The number of nitrogens with one attached hydrogen (secondary N) is 2. The molecule has 8 nitrogen and oxygen atoms in total. The summed E-state index contributed by atoms with van der Waals surface area (Å²) in [6.07, 6.45) is -0.170. The molecule has 9 heteroatoms. The Bertz CT molecular complexity index is 1140. The van der Waals surface area contributed by atoms with Crippen LogP contribution in [0.3, 0.4) is 0 Å². The standard InChI is InChI=1S/C30H43N3O5S/c1-10-30(7,8)33(27(35)24(18-39)32-28(36)38-29(4,5)6)25(21-16-19(2)15-20(3)17-21)26(34)31-22-11-13-23(37-9)14-12-22/h11-17,24-25,39H,10,18H2,1-9H3,(H,31,34)(H,32,36). The predicted octanol–water partition coefficient (Wildman–Crippen LogP) is 5.83. The first-order chi connectivity index (χ1) is 18.1. The van der Waals surface area contributed by atoms with Gasteiger partial charge >= 0.3 is 6.09 Å². The second kappa shape index (κ2) is 13.2. The molecule has 0 saturated carbocycles. The summed E-state index contributed by atoms with van der Waals surface area (Å²) in [4.78, 5) is 42.4. The van der Waals surface area contributed by atoms with Crippen LogP contribution in [0.4, 0.5) is 10.5 Å². The normalized spacial score (nSPS) is 13.2. The van der Waals surface area contributed by atoms with E-state index in [1.807, 2.05) is 52.8 Å². The summed E-state index contributed by atoms with van der Waals surface area (Å²) in [5.41, 5.74) is 1.67. The number of hydrogen-bond donors (Lipinski definition) is 3. The third kappa shape index (κ3) is 8.92. The number of anilines is 1. The monoisotopic (exact) mass is 557 g/mol. The van der Waals surface area contributed by atoms with Crippen LogP contribution in [0.5, 0.6) is 5.75 Å². The van der Waals surface area contributed by atoms with Crippen LogP contribution in [0, 0.1) is 13.8 Å². The van der Waals surface area contributed by atoms with Crippen LogP contribution in [0.2, 0.25) is 0 Å². The molecule has 2 aromatic carbocycles. The third-order valence-electron chi connectivity index (χ3n) is 6.35. The van der Waals surface area contributed by atoms with E-state index in [0.717, 1.165) is 11.1 Å². The Labute approximate surface area is 238 Å². The minimum Gasteiger partial charge on any atom is -0.497 e. The molecule has 0 fully saturated rings. The van der Waals surface area contributed by atoms with Crippen molar-refractivity contribution in [2.24, 2.45) is 0 Å². The number of nitrogens with zero attached hydrogens (tertiary/aromatic N) is 1. The Morgan fingerprint density at radius 2 is 1.54 bits per heavy atom. The Kier molecular flexibility index (Phi) is 10.9. The molecule has 0 aromatic heterocycles. The molecule has 0 saturated heterocycles. The van der Waals surface area contributed by atoms with Gasteiger partial charge in [-0.05, 0) is 84.7 Å². The molecule has 2 rings (SSSR count). The summed E-state index contributed by atoms with van der Waals surface area (Å²) in [6.45, 7) is 14.9. The van der Waals surface area contributed by atoms with Gasteiger partial charge in [0.05, 0.1) is 7.11 Å². The lowest BCUT2D eigenvalue weighted by Crippen LogP contribution is -2.59. The van der Waals surface area contributed by atoms with Crippen LogP contribution in [-0.2, 0) is 14.3 Å². The highest BCUT2D eigenvalue weighted by Gasteiger charge is 2.43. The van der Waals surface area contributed by atoms with Crippen LogP contribution < -0.4 is 15.4 Å². The summed E-state index contributed by atoms with van der Waals surface area (Å²) in [6, 6.07) is 10.8. The molecule has 0 bridgehead atoms. The van der Waals surface area contributed by atoms with E-state index in [-0.39, 0.29) is 11.7 Å². The summed E-state index contributed by atoms with van der Waals surface area (Å²) in [7, 11) is 1.57. The first-order valence-corrected chi connectivity index (χ1v) is 13.7. The molecule has 0 aliphatic rings. The molecule has 0 spiro atoms. The SMILES string of the molecule is CCC(C)(C)N(C(=O)C(CS)NC(=O)OC(C)(C)C)C(C(=O)Nc1ccc(OC)cc1)c1cc(C)cc(C)c1. The fourth-order valence-electron chi connectivity index (χ4n) is 4.22. The zero-order chi connectivity index (χ0) is 29.5.